The summed E-state index contributed by atoms with van der Waals surface area (Å²) in [4.78, 5) is 2.49. The summed E-state index contributed by atoms with van der Waals surface area (Å²) < 4.78 is 38.2. The first-order valence-corrected chi connectivity index (χ1v) is 4.98. The first-order valence-electron chi connectivity index (χ1n) is 4.98. The Bertz CT molecular complexity index is 549. The molecule has 1 aromatic carbocycles. The zero-order valence-corrected chi connectivity index (χ0v) is 9.29. The highest BCUT2D eigenvalue weighted by Crippen LogP contribution is 2.36. The van der Waals surface area contributed by atoms with Crippen LogP contribution in [-0.4, -0.2) is 4.98 Å². The Morgan fingerprint density at radius 3 is 2.06 bits per heavy atom. The van der Waals surface area contributed by atoms with Crippen LogP contribution >= 0.6 is 0 Å². The number of hydrogen-bond acceptors (Lipinski definition) is 0. The van der Waals surface area contributed by atoms with Crippen molar-refractivity contribution < 1.29 is 13.2 Å². The van der Waals surface area contributed by atoms with Gasteiger partial charge in [0, 0.05) is 10.9 Å². The van der Waals surface area contributed by atoms with Crippen molar-refractivity contribution in [1.82, 2.24) is 4.98 Å². The number of halogens is 3. The Hall–Kier alpha value is -1.45. The average Bonchev–Trinajstić information content (AvgIpc) is 2.51. The molecule has 16 heavy (non-hydrogen) atoms. The van der Waals surface area contributed by atoms with Crippen molar-refractivity contribution in [3.05, 3.63) is 34.5 Å². The summed E-state index contributed by atoms with van der Waals surface area (Å²) in [5.41, 5.74) is 1.93. The van der Waals surface area contributed by atoms with Crippen LogP contribution in [-0.2, 0) is 6.18 Å². The zero-order valence-electron chi connectivity index (χ0n) is 9.29. The van der Waals surface area contributed by atoms with E-state index in [1.165, 1.54) is 6.92 Å². The largest absolute Gasteiger partial charge is 0.431 e. The van der Waals surface area contributed by atoms with Crippen LogP contribution in [0.3, 0.4) is 0 Å². The molecule has 0 atom stereocenters. The van der Waals surface area contributed by atoms with Crippen molar-refractivity contribution in [2.45, 2.75) is 26.9 Å². The summed E-state index contributed by atoms with van der Waals surface area (Å²) >= 11 is 0. The number of hydrogen-bond donors (Lipinski definition) is 1. The minimum atomic E-state index is -4.32. The summed E-state index contributed by atoms with van der Waals surface area (Å²) in [6.07, 6.45) is -4.32. The maximum atomic E-state index is 12.7. The summed E-state index contributed by atoms with van der Waals surface area (Å²) in [5.74, 6) is 0. The molecule has 1 aromatic heterocycles. The second kappa shape index (κ2) is 3.27. The number of rotatable bonds is 0. The molecule has 0 radical (unpaired) electrons. The topological polar surface area (TPSA) is 15.8 Å². The van der Waals surface area contributed by atoms with Crippen LogP contribution < -0.4 is 0 Å². The SMILES string of the molecule is Cc1ccc(C)c2c(C)c(C(F)(F)F)[nH]c12. The highest BCUT2D eigenvalue weighted by atomic mass is 19.4. The van der Waals surface area contributed by atoms with E-state index >= 15 is 0 Å². The van der Waals surface area contributed by atoms with Gasteiger partial charge in [0.25, 0.3) is 0 Å². The molecule has 4 heteroatoms. The van der Waals surface area contributed by atoms with Gasteiger partial charge in [0.2, 0.25) is 0 Å². The lowest BCUT2D eigenvalue weighted by Gasteiger charge is -2.04. The van der Waals surface area contributed by atoms with Gasteiger partial charge in [-0.25, -0.2) is 0 Å². The van der Waals surface area contributed by atoms with Gasteiger partial charge in [-0.05, 0) is 37.5 Å². The lowest BCUT2D eigenvalue weighted by molar-refractivity contribution is -0.141. The molecule has 86 valence electrons. The van der Waals surface area contributed by atoms with E-state index < -0.39 is 11.9 Å². The molecule has 0 aliphatic rings. The van der Waals surface area contributed by atoms with Crippen LogP contribution in [0.25, 0.3) is 10.9 Å². The third kappa shape index (κ3) is 1.49. The third-order valence-corrected chi connectivity index (χ3v) is 2.91. The smallest absolute Gasteiger partial charge is 0.351 e. The van der Waals surface area contributed by atoms with Crippen LogP contribution in [0.5, 0.6) is 0 Å². The van der Waals surface area contributed by atoms with E-state index in [1.807, 2.05) is 19.1 Å². The Labute approximate surface area is 91.3 Å². The summed E-state index contributed by atoms with van der Waals surface area (Å²) in [7, 11) is 0. The number of nitrogens with one attached hydrogen (secondary N) is 1. The Morgan fingerprint density at radius 1 is 1.00 bits per heavy atom. The number of fused-ring (bicyclic) bond motifs is 1. The lowest BCUT2D eigenvalue weighted by atomic mass is 10.0. The highest BCUT2D eigenvalue weighted by molar-refractivity contribution is 5.90. The predicted octanol–water partition coefficient (Wildman–Crippen LogP) is 4.11. The molecule has 0 bridgehead atoms. The van der Waals surface area contributed by atoms with Gasteiger partial charge in [0.1, 0.15) is 5.69 Å². The van der Waals surface area contributed by atoms with Gasteiger partial charge in [-0.15, -0.1) is 0 Å². The fourth-order valence-electron chi connectivity index (χ4n) is 2.08. The van der Waals surface area contributed by atoms with E-state index in [1.54, 1.807) is 6.92 Å². The van der Waals surface area contributed by atoms with E-state index in [-0.39, 0.29) is 5.56 Å². The monoisotopic (exact) mass is 227 g/mol. The van der Waals surface area contributed by atoms with E-state index in [2.05, 4.69) is 4.98 Å². The van der Waals surface area contributed by atoms with Crippen molar-refractivity contribution >= 4 is 10.9 Å². The van der Waals surface area contributed by atoms with E-state index in [4.69, 9.17) is 0 Å². The van der Waals surface area contributed by atoms with Crippen LogP contribution in [0, 0.1) is 20.8 Å². The number of aromatic nitrogens is 1. The minimum Gasteiger partial charge on any atom is -0.351 e. The van der Waals surface area contributed by atoms with Gasteiger partial charge in [0.05, 0.1) is 0 Å². The Morgan fingerprint density at radius 2 is 1.56 bits per heavy atom. The first kappa shape index (κ1) is 11.0. The molecule has 2 rings (SSSR count). The van der Waals surface area contributed by atoms with Crippen LogP contribution in [0.4, 0.5) is 13.2 Å². The molecule has 1 N–H and O–H groups in total. The molecule has 1 heterocycles. The van der Waals surface area contributed by atoms with Crippen LogP contribution in [0.2, 0.25) is 0 Å². The molecule has 0 unspecified atom stereocenters. The second-order valence-corrected chi connectivity index (χ2v) is 4.07. The summed E-state index contributed by atoms with van der Waals surface area (Å²) in [5, 5.41) is 0.687. The average molecular weight is 227 g/mol. The standard InChI is InChI=1S/C12H12F3N/c1-6-4-5-7(2)10-9(6)8(3)11(16-10)12(13,14)15/h4-5,16H,1-3H3. The lowest BCUT2D eigenvalue weighted by Crippen LogP contribution is -2.06. The van der Waals surface area contributed by atoms with Crippen LogP contribution in [0.15, 0.2) is 12.1 Å². The second-order valence-electron chi connectivity index (χ2n) is 4.07. The predicted molar refractivity (Wildman–Crippen MR) is 57.5 cm³/mol. The number of benzene rings is 1. The van der Waals surface area contributed by atoms with Crippen molar-refractivity contribution in [3.8, 4) is 0 Å². The summed E-state index contributed by atoms with van der Waals surface area (Å²) in [6, 6.07) is 3.67. The molecule has 0 aliphatic carbocycles. The minimum absolute atomic E-state index is 0.281. The maximum absolute atomic E-state index is 12.7. The quantitative estimate of drug-likeness (QED) is 0.697. The van der Waals surface area contributed by atoms with E-state index in [0.29, 0.717) is 10.9 Å². The highest BCUT2D eigenvalue weighted by Gasteiger charge is 2.35. The molecule has 0 amide bonds. The van der Waals surface area contributed by atoms with Crippen molar-refractivity contribution in [3.63, 3.8) is 0 Å². The van der Waals surface area contributed by atoms with Gasteiger partial charge >= 0.3 is 6.18 Å². The zero-order chi connectivity index (χ0) is 12.1. The molecule has 1 nitrogen and oxygen atoms in total. The normalized spacial score (nSPS) is 12.4. The van der Waals surface area contributed by atoms with E-state index in [9.17, 15) is 13.2 Å². The molecule has 0 fully saturated rings. The molecule has 0 saturated heterocycles. The molecular weight excluding hydrogens is 215 g/mol. The van der Waals surface area contributed by atoms with Gasteiger partial charge in [-0.1, -0.05) is 12.1 Å². The molecule has 0 saturated carbocycles. The van der Waals surface area contributed by atoms with Gasteiger partial charge in [-0.3, -0.25) is 0 Å². The summed E-state index contributed by atoms with van der Waals surface area (Å²) in [6.45, 7) is 5.13. The number of aromatic amines is 1. The van der Waals surface area contributed by atoms with Crippen molar-refractivity contribution in [2.75, 3.05) is 0 Å². The Kier molecular flexibility index (Phi) is 2.26. The fourth-order valence-corrected chi connectivity index (χ4v) is 2.08. The van der Waals surface area contributed by atoms with E-state index in [0.717, 1.165) is 11.1 Å². The third-order valence-electron chi connectivity index (χ3n) is 2.91. The Balaban J connectivity index is 2.88. The number of aryl methyl sites for hydroxylation is 3. The van der Waals surface area contributed by atoms with Gasteiger partial charge in [-0.2, -0.15) is 13.2 Å². The number of alkyl halides is 3. The van der Waals surface area contributed by atoms with Crippen LogP contribution in [0.1, 0.15) is 22.4 Å². The molecule has 0 aliphatic heterocycles. The van der Waals surface area contributed by atoms with Gasteiger partial charge in [0.15, 0.2) is 0 Å². The van der Waals surface area contributed by atoms with Gasteiger partial charge < -0.3 is 4.98 Å². The first-order chi connectivity index (χ1) is 7.32. The maximum Gasteiger partial charge on any atom is 0.431 e. The molecular formula is C12H12F3N. The van der Waals surface area contributed by atoms with Crippen molar-refractivity contribution in [2.24, 2.45) is 0 Å². The fraction of sp³-hybridized carbons (Fsp3) is 0.333. The molecule has 2 aromatic rings. The number of H-pyrrole nitrogens is 1. The molecule has 0 spiro atoms. The van der Waals surface area contributed by atoms with Crippen molar-refractivity contribution in [1.29, 1.82) is 0 Å².